The van der Waals surface area contributed by atoms with Gasteiger partial charge in [0, 0.05) is 27.6 Å². The summed E-state index contributed by atoms with van der Waals surface area (Å²) in [4.78, 5) is 24.8. The molecule has 2 heterocycles. The van der Waals surface area contributed by atoms with Gasteiger partial charge in [-0.25, -0.2) is 10.2 Å². The highest BCUT2D eigenvalue weighted by Crippen LogP contribution is 2.23. The molecule has 0 spiro atoms. The Morgan fingerprint density at radius 2 is 1.88 bits per heavy atom. The minimum absolute atomic E-state index is 0.158. The van der Waals surface area contributed by atoms with E-state index in [0.29, 0.717) is 12.3 Å². The Morgan fingerprint density at radius 1 is 1.09 bits per heavy atom. The molecule has 1 N–H and O–H groups in total. The third-order valence-corrected chi connectivity index (χ3v) is 6.03. The predicted molar refractivity (Wildman–Crippen MR) is 131 cm³/mol. The van der Waals surface area contributed by atoms with E-state index in [2.05, 4.69) is 10.5 Å². The number of rotatable bonds is 9. The molecule has 0 atom stereocenters. The second-order valence-corrected chi connectivity index (χ2v) is 8.29. The standard InChI is InChI=1S/C25H23N3O5S/c1-31-18-7-10-20(11-8-18)34-16-24(29)27-26-13-17-14-28(22-6-4-3-5-21(17)22)15-19-9-12-23(33-19)25(30)32-2/h3-14H,15-16H2,1-2H3,(H,27,29)/b26-13+. The van der Waals surface area contributed by atoms with Gasteiger partial charge in [-0.15, -0.1) is 11.8 Å². The van der Waals surface area contributed by atoms with Crippen LogP contribution < -0.4 is 10.2 Å². The normalized spacial score (nSPS) is 11.1. The molecule has 4 rings (SSSR count). The molecule has 0 saturated heterocycles. The van der Waals surface area contributed by atoms with Crippen LogP contribution in [0.25, 0.3) is 10.9 Å². The van der Waals surface area contributed by atoms with Crippen LogP contribution in [-0.4, -0.2) is 42.6 Å². The van der Waals surface area contributed by atoms with E-state index in [4.69, 9.17) is 13.9 Å². The Balaban J connectivity index is 1.41. The number of amides is 1. The lowest BCUT2D eigenvalue weighted by Gasteiger charge is -2.02. The monoisotopic (exact) mass is 477 g/mol. The molecule has 174 valence electrons. The molecule has 0 radical (unpaired) electrons. The van der Waals surface area contributed by atoms with Gasteiger partial charge in [0.1, 0.15) is 11.5 Å². The van der Waals surface area contributed by atoms with Crippen LogP contribution in [0.5, 0.6) is 5.75 Å². The first-order chi connectivity index (χ1) is 16.6. The van der Waals surface area contributed by atoms with Crippen molar-refractivity contribution in [1.82, 2.24) is 9.99 Å². The summed E-state index contributed by atoms with van der Waals surface area (Å²) in [5.41, 5.74) is 4.39. The fraction of sp³-hybridized carbons (Fsp3) is 0.160. The highest BCUT2D eigenvalue weighted by atomic mass is 32.2. The second-order valence-electron chi connectivity index (χ2n) is 7.24. The zero-order chi connectivity index (χ0) is 23.9. The molecular formula is C25H23N3O5S. The molecule has 0 saturated carbocycles. The number of para-hydroxylation sites is 1. The second kappa shape index (κ2) is 10.8. The fourth-order valence-corrected chi connectivity index (χ4v) is 4.07. The largest absolute Gasteiger partial charge is 0.497 e. The summed E-state index contributed by atoms with van der Waals surface area (Å²) < 4.78 is 17.4. The molecule has 1 amide bonds. The van der Waals surface area contributed by atoms with E-state index in [-0.39, 0.29) is 17.4 Å². The summed E-state index contributed by atoms with van der Waals surface area (Å²) in [5.74, 6) is 1.07. The first-order valence-corrected chi connectivity index (χ1v) is 11.4. The van der Waals surface area contributed by atoms with E-state index in [1.807, 2.05) is 59.3 Å². The first-order valence-electron chi connectivity index (χ1n) is 10.4. The Hall–Kier alpha value is -3.98. The van der Waals surface area contributed by atoms with Gasteiger partial charge >= 0.3 is 5.97 Å². The van der Waals surface area contributed by atoms with Gasteiger partial charge in [-0.1, -0.05) is 18.2 Å². The number of furan rings is 1. The smallest absolute Gasteiger partial charge is 0.373 e. The lowest BCUT2D eigenvalue weighted by atomic mass is 10.2. The Kier molecular flexibility index (Phi) is 7.34. The highest BCUT2D eigenvalue weighted by molar-refractivity contribution is 8.00. The van der Waals surface area contributed by atoms with Crippen LogP contribution in [0.4, 0.5) is 0 Å². The molecule has 2 aromatic carbocycles. The lowest BCUT2D eigenvalue weighted by molar-refractivity contribution is -0.118. The van der Waals surface area contributed by atoms with Crippen LogP contribution in [0.3, 0.4) is 0 Å². The maximum atomic E-state index is 12.2. The minimum atomic E-state index is -0.516. The summed E-state index contributed by atoms with van der Waals surface area (Å²) in [5, 5.41) is 5.11. The van der Waals surface area contributed by atoms with Crippen molar-refractivity contribution in [3.63, 3.8) is 0 Å². The number of aromatic nitrogens is 1. The third-order valence-electron chi connectivity index (χ3n) is 5.02. The average molecular weight is 478 g/mol. The summed E-state index contributed by atoms with van der Waals surface area (Å²) >= 11 is 1.42. The third kappa shape index (κ3) is 5.49. The number of carbonyl (C=O) groups excluding carboxylic acids is 2. The number of ether oxygens (including phenoxy) is 2. The number of esters is 1. The number of hydrazone groups is 1. The molecule has 0 unspecified atom stereocenters. The van der Waals surface area contributed by atoms with Crippen LogP contribution in [-0.2, 0) is 16.1 Å². The van der Waals surface area contributed by atoms with Crippen molar-refractivity contribution >= 4 is 40.8 Å². The van der Waals surface area contributed by atoms with E-state index < -0.39 is 5.97 Å². The first kappa shape index (κ1) is 23.2. The Labute approximate surface area is 200 Å². The summed E-state index contributed by atoms with van der Waals surface area (Å²) in [6.07, 6.45) is 3.55. The van der Waals surface area contributed by atoms with Crippen molar-refractivity contribution in [2.75, 3.05) is 20.0 Å². The van der Waals surface area contributed by atoms with E-state index >= 15 is 0 Å². The molecule has 0 aliphatic carbocycles. The summed E-state index contributed by atoms with van der Waals surface area (Å²) in [6.45, 7) is 0.427. The molecular weight excluding hydrogens is 454 g/mol. The summed E-state index contributed by atoms with van der Waals surface area (Å²) in [6, 6.07) is 18.7. The van der Waals surface area contributed by atoms with Crippen LogP contribution in [0.1, 0.15) is 21.9 Å². The lowest BCUT2D eigenvalue weighted by Crippen LogP contribution is -2.19. The molecule has 4 aromatic rings. The number of nitrogens with one attached hydrogen (secondary N) is 1. The number of benzene rings is 2. The molecule has 8 nitrogen and oxygen atoms in total. The average Bonchev–Trinajstić information content (AvgIpc) is 3.48. The molecule has 0 aliphatic heterocycles. The van der Waals surface area contributed by atoms with Crippen molar-refractivity contribution in [1.29, 1.82) is 0 Å². The topological polar surface area (TPSA) is 95.1 Å². The number of fused-ring (bicyclic) bond motifs is 1. The number of hydrogen-bond donors (Lipinski definition) is 1. The van der Waals surface area contributed by atoms with Gasteiger partial charge in [-0.05, 0) is 42.5 Å². The zero-order valence-electron chi connectivity index (χ0n) is 18.7. The van der Waals surface area contributed by atoms with Crippen molar-refractivity contribution in [3.8, 4) is 5.75 Å². The maximum Gasteiger partial charge on any atom is 0.373 e. The van der Waals surface area contributed by atoms with Gasteiger partial charge in [-0.3, -0.25) is 4.79 Å². The predicted octanol–water partition coefficient (Wildman–Crippen LogP) is 4.32. The van der Waals surface area contributed by atoms with Crippen LogP contribution >= 0.6 is 11.8 Å². The van der Waals surface area contributed by atoms with Gasteiger partial charge in [0.05, 0.1) is 32.7 Å². The number of methoxy groups -OCH3 is 2. The number of carbonyl (C=O) groups is 2. The van der Waals surface area contributed by atoms with Crippen molar-refractivity contribution in [3.05, 3.63) is 83.9 Å². The Morgan fingerprint density at radius 3 is 2.65 bits per heavy atom. The van der Waals surface area contributed by atoms with Gasteiger partial charge in [0.25, 0.3) is 0 Å². The maximum absolute atomic E-state index is 12.2. The zero-order valence-corrected chi connectivity index (χ0v) is 19.5. The number of nitrogens with zero attached hydrogens (tertiary/aromatic N) is 2. The van der Waals surface area contributed by atoms with Crippen LogP contribution in [0.15, 0.2) is 81.3 Å². The molecule has 9 heteroatoms. The molecule has 2 aromatic heterocycles. The van der Waals surface area contributed by atoms with E-state index in [0.717, 1.165) is 27.1 Å². The molecule has 0 aliphatic rings. The number of thioether (sulfide) groups is 1. The van der Waals surface area contributed by atoms with Gasteiger partial charge in [0.2, 0.25) is 11.7 Å². The van der Waals surface area contributed by atoms with Gasteiger partial charge < -0.3 is 18.5 Å². The van der Waals surface area contributed by atoms with Crippen molar-refractivity contribution in [2.24, 2.45) is 5.10 Å². The fourth-order valence-electron chi connectivity index (χ4n) is 3.38. The van der Waals surface area contributed by atoms with Gasteiger partial charge in [-0.2, -0.15) is 5.10 Å². The molecule has 0 fully saturated rings. The number of hydrogen-bond acceptors (Lipinski definition) is 7. The van der Waals surface area contributed by atoms with Crippen molar-refractivity contribution < 1.29 is 23.5 Å². The van der Waals surface area contributed by atoms with Crippen LogP contribution in [0, 0.1) is 0 Å². The van der Waals surface area contributed by atoms with E-state index in [9.17, 15) is 9.59 Å². The quantitative estimate of drug-likeness (QED) is 0.167. The van der Waals surface area contributed by atoms with Gasteiger partial charge in [0.15, 0.2) is 0 Å². The highest BCUT2D eigenvalue weighted by Gasteiger charge is 2.13. The summed E-state index contributed by atoms with van der Waals surface area (Å²) in [7, 11) is 2.93. The van der Waals surface area contributed by atoms with E-state index in [1.165, 1.54) is 18.9 Å². The SMILES string of the molecule is COC(=O)c1ccc(Cn2cc(/C=N/NC(=O)CSc3ccc(OC)cc3)c3ccccc32)o1. The van der Waals surface area contributed by atoms with E-state index in [1.54, 1.807) is 25.5 Å². The molecule has 0 bridgehead atoms. The molecule has 34 heavy (non-hydrogen) atoms. The Bertz CT molecular complexity index is 1320. The van der Waals surface area contributed by atoms with Crippen LogP contribution in [0.2, 0.25) is 0 Å². The van der Waals surface area contributed by atoms with Crippen molar-refractivity contribution in [2.45, 2.75) is 11.4 Å². The minimum Gasteiger partial charge on any atom is -0.497 e.